The van der Waals surface area contributed by atoms with E-state index in [1.54, 1.807) is 18.3 Å². The Morgan fingerprint density at radius 3 is 2.54 bits per heavy atom. The normalized spacial score (nSPS) is 16.9. The van der Waals surface area contributed by atoms with Crippen molar-refractivity contribution in [3.8, 4) is 0 Å². The number of imide groups is 1. The molecule has 1 aromatic heterocycles. The van der Waals surface area contributed by atoms with E-state index in [-0.39, 0.29) is 17.7 Å². The van der Waals surface area contributed by atoms with Gasteiger partial charge in [0.25, 0.3) is 11.8 Å². The second-order valence-corrected chi connectivity index (χ2v) is 5.66. The summed E-state index contributed by atoms with van der Waals surface area (Å²) in [6.07, 6.45) is 3.61. The summed E-state index contributed by atoms with van der Waals surface area (Å²) in [7, 11) is 0. The number of carbonyl (C=O) groups is 3. The molecule has 24 heavy (non-hydrogen) atoms. The topological polar surface area (TPSA) is 84.7 Å². The van der Waals surface area contributed by atoms with Crippen LogP contribution >= 0.6 is 0 Å². The highest BCUT2D eigenvalue weighted by atomic mass is 16.7. The van der Waals surface area contributed by atoms with Crippen LogP contribution in [-0.4, -0.2) is 50.4 Å². The minimum absolute atomic E-state index is 0.0136. The van der Waals surface area contributed by atoms with Crippen LogP contribution < -0.4 is 0 Å². The summed E-state index contributed by atoms with van der Waals surface area (Å²) in [5.41, 5.74) is 0.491. The van der Waals surface area contributed by atoms with E-state index in [1.165, 1.54) is 12.1 Å². The van der Waals surface area contributed by atoms with Gasteiger partial charge in [-0.2, -0.15) is 0 Å². The fourth-order valence-electron chi connectivity index (χ4n) is 2.92. The molecule has 8 nitrogen and oxygen atoms in total. The number of amides is 2. The molecule has 2 aliphatic rings. The van der Waals surface area contributed by atoms with E-state index in [0.29, 0.717) is 18.2 Å². The van der Waals surface area contributed by atoms with Gasteiger partial charge < -0.3 is 9.40 Å². The number of hydroxylamine groups is 2. The molecular formula is C16H14N4O4. The van der Waals surface area contributed by atoms with Crippen LogP contribution in [0.5, 0.6) is 0 Å². The number of benzene rings is 1. The standard InChI is InChI=1S/C16H14N4O4/c21-14(10-18-7-8-19-6-5-17-13(19)9-18)24-20-15(22)11-3-1-2-4-12(11)16(20)23/h1-6H,7-10H2. The van der Waals surface area contributed by atoms with Crippen LogP contribution in [0.1, 0.15) is 26.5 Å². The van der Waals surface area contributed by atoms with Gasteiger partial charge in [-0.25, -0.2) is 9.78 Å². The first kappa shape index (κ1) is 14.6. The molecule has 0 N–H and O–H groups in total. The van der Waals surface area contributed by atoms with Gasteiger partial charge in [-0.3, -0.25) is 14.5 Å². The van der Waals surface area contributed by atoms with Crippen LogP contribution in [0.4, 0.5) is 0 Å². The monoisotopic (exact) mass is 326 g/mol. The third-order valence-electron chi connectivity index (χ3n) is 4.13. The van der Waals surface area contributed by atoms with Gasteiger partial charge in [0, 0.05) is 25.5 Å². The summed E-state index contributed by atoms with van der Waals surface area (Å²) in [6.45, 7) is 1.90. The third kappa shape index (κ3) is 2.37. The van der Waals surface area contributed by atoms with Crippen molar-refractivity contribution in [2.24, 2.45) is 0 Å². The Morgan fingerprint density at radius 1 is 1.12 bits per heavy atom. The van der Waals surface area contributed by atoms with Crippen molar-refractivity contribution in [3.05, 3.63) is 53.6 Å². The van der Waals surface area contributed by atoms with Gasteiger partial charge in [0.15, 0.2) is 0 Å². The van der Waals surface area contributed by atoms with Crippen molar-refractivity contribution in [2.75, 3.05) is 13.1 Å². The maximum atomic E-state index is 12.2. The summed E-state index contributed by atoms with van der Waals surface area (Å²) in [5, 5.41) is 0.540. The fourth-order valence-corrected chi connectivity index (χ4v) is 2.92. The Bertz CT molecular complexity index is 809. The number of rotatable bonds is 3. The van der Waals surface area contributed by atoms with E-state index in [9.17, 15) is 14.4 Å². The molecule has 0 bridgehead atoms. The number of hydrogen-bond donors (Lipinski definition) is 0. The molecule has 2 aromatic rings. The SMILES string of the molecule is O=C(CN1CCn2ccnc2C1)ON1C(=O)c2ccccc2C1=O. The Balaban J connectivity index is 1.41. The first-order valence-corrected chi connectivity index (χ1v) is 7.54. The number of imidazole rings is 1. The highest BCUT2D eigenvalue weighted by Crippen LogP contribution is 2.22. The van der Waals surface area contributed by atoms with Crippen molar-refractivity contribution < 1.29 is 19.2 Å². The summed E-state index contributed by atoms with van der Waals surface area (Å²) >= 11 is 0. The first-order chi connectivity index (χ1) is 11.6. The number of nitrogens with zero attached hydrogens (tertiary/aromatic N) is 4. The average Bonchev–Trinajstić information content (AvgIpc) is 3.14. The predicted molar refractivity (Wildman–Crippen MR) is 80.5 cm³/mol. The van der Waals surface area contributed by atoms with Gasteiger partial charge >= 0.3 is 5.97 Å². The molecular weight excluding hydrogens is 312 g/mol. The van der Waals surface area contributed by atoms with Gasteiger partial charge in [-0.05, 0) is 12.1 Å². The third-order valence-corrected chi connectivity index (χ3v) is 4.13. The van der Waals surface area contributed by atoms with Gasteiger partial charge in [0.1, 0.15) is 5.82 Å². The second-order valence-electron chi connectivity index (χ2n) is 5.66. The summed E-state index contributed by atoms with van der Waals surface area (Å²) in [4.78, 5) is 47.6. The van der Waals surface area contributed by atoms with Gasteiger partial charge in [0.05, 0.1) is 24.2 Å². The van der Waals surface area contributed by atoms with Crippen molar-refractivity contribution in [1.82, 2.24) is 19.5 Å². The Morgan fingerprint density at radius 2 is 1.83 bits per heavy atom. The van der Waals surface area contributed by atoms with E-state index in [0.717, 1.165) is 12.4 Å². The average molecular weight is 326 g/mol. The molecule has 0 unspecified atom stereocenters. The van der Waals surface area contributed by atoms with Crippen molar-refractivity contribution in [1.29, 1.82) is 0 Å². The van der Waals surface area contributed by atoms with E-state index in [4.69, 9.17) is 4.84 Å². The molecule has 0 aliphatic carbocycles. The van der Waals surface area contributed by atoms with Gasteiger partial charge in [0.2, 0.25) is 0 Å². The number of carbonyl (C=O) groups excluding carboxylic acids is 3. The zero-order valence-corrected chi connectivity index (χ0v) is 12.7. The molecule has 0 saturated heterocycles. The van der Waals surface area contributed by atoms with Crippen LogP contribution in [0.3, 0.4) is 0 Å². The maximum absolute atomic E-state index is 12.2. The molecule has 0 atom stereocenters. The Kier molecular flexibility index (Phi) is 3.39. The molecule has 0 fully saturated rings. The van der Waals surface area contributed by atoms with E-state index < -0.39 is 17.8 Å². The van der Waals surface area contributed by atoms with E-state index >= 15 is 0 Å². The lowest BCUT2D eigenvalue weighted by molar-refractivity contribution is -0.170. The molecule has 0 saturated carbocycles. The predicted octanol–water partition coefficient (Wildman–Crippen LogP) is 0.453. The first-order valence-electron chi connectivity index (χ1n) is 7.54. The molecule has 0 radical (unpaired) electrons. The van der Waals surface area contributed by atoms with Gasteiger partial charge in [-0.15, -0.1) is 0 Å². The van der Waals surface area contributed by atoms with Crippen LogP contribution in [0, 0.1) is 0 Å². The van der Waals surface area contributed by atoms with Gasteiger partial charge in [-0.1, -0.05) is 17.2 Å². The Labute approximate surface area is 137 Å². The van der Waals surface area contributed by atoms with Crippen molar-refractivity contribution >= 4 is 17.8 Å². The fraction of sp³-hybridized carbons (Fsp3) is 0.250. The molecule has 3 heterocycles. The zero-order chi connectivity index (χ0) is 16.7. The minimum Gasteiger partial charge on any atom is -0.333 e. The molecule has 1 aromatic carbocycles. The minimum atomic E-state index is -0.649. The molecule has 0 spiro atoms. The molecule has 2 amide bonds. The van der Waals surface area contributed by atoms with Crippen LogP contribution in [0.15, 0.2) is 36.7 Å². The molecule has 122 valence electrons. The van der Waals surface area contributed by atoms with Crippen molar-refractivity contribution in [2.45, 2.75) is 13.1 Å². The maximum Gasteiger partial charge on any atom is 0.347 e. The summed E-state index contributed by atoms with van der Waals surface area (Å²) < 4.78 is 2.02. The Hall–Kier alpha value is -3.00. The number of fused-ring (bicyclic) bond motifs is 2. The quantitative estimate of drug-likeness (QED) is 0.762. The lowest BCUT2D eigenvalue weighted by atomic mass is 10.1. The largest absolute Gasteiger partial charge is 0.347 e. The summed E-state index contributed by atoms with van der Waals surface area (Å²) in [6, 6.07) is 6.39. The lowest BCUT2D eigenvalue weighted by Crippen LogP contribution is -2.41. The molecule has 2 aliphatic heterocycles. The highest BCUT2D eigenvalue weighted by Gasteiger charge is 2.38. The summed E-state index contributed by atoms with van der Waals surface area (Å²) in [5.74, 6) is -1.00. The number of hydrogen-bond acceptors (Lipinski definition) is 6. The van der Waals surface area contributed by atoms with Crippen molar-refractivity contribution in [3.63, 3.8) is 0 Å². The van der Waals surface area contributed by atoms with Crippen LogP contribution in [-0.2, 0) is 22.7 Å². The second kappa shape index (κ2) is 5.57. The number of aromatic nitrogens is 2. The highest BCUT2D eigenvalue weighted by molar-refractivity contribution is 6.20. The smallest absolute Gasteiger partial charge is 0.333 e. The van der Waals surface area contributed by atoms with Crippen LogP contribution in [0.25, 0.3) is 0 Å². The zero-order valence-electron chi connectivity index (χ0n) is 12.7. The van der Waals surface area contributed by atoms with E-state index in [2.05, 4.69) is 4.98 Å². The lowest BCUT2D eigenvalue weighted by Gasteiger charge is -2.26. The van der Waals surface area contributed by atoms with Crippen LogP contribution in [0.2, 0.25) is 0 Å². The van der Waals surface area contributed by atoms with E-state index in [1.807, 2.05) is 15.7 Å². The molecule has 8 heteroatoms. The molecule has 4 rings (SSSR count).